The molecule has 0 aliphatic carbocycles. The summed E-state index contributed by atoms with van der Waals surface area (Å²) in [6, 6.07) is 2.08. The predicted molar refractivity (Wildman–Crippen MR) is 59.2 cm³/mol. The Bertz CT molecular complexity index is 617. The van der Waals surface area contributed by atoms with E-state index >= 15 is 0 Å². The molecule has 5 heteroatoms. The minimum absolute atomic E-state index is 0.0764. The van der Waals surface area contributed by atoms with Gasteiger partial charge in [-0.05, 0) is 25.5 Å². The van der Waals surface area contributed by atoms with E-state index in [2.05, 4.69) is 0 Å². The number of halogens is 2. The van der Waals surface area contributed by atoms with Crippen molar-refractivity contribution in [1.82, 2.24) is 4.57 Å². The molecule has 0 saturated carbocycles. The molecule has 0 aliphatic rings. The summed E-state index contributed by atoms with van der Waals surface area (Å²) in [6.07, 6.45) is 0. The van der Waals surface area contributed by atoms with Gasteiger partial charge >= 0.3 is 5.97 Å². The molecular weight excluding hydrogens is 228 g/mol. The summed E-state index contributed by atoms with van der Waals surface area (Å²) in [5, 5.41) is 9.54. The van der Waals surface area contributed by atoms with E-state index in [1.165, 1.54) is 4.57 Å². The highest BCUT2D eigenvalue weighted by atomic mass is 19.2. The van der Waals surface area contributed by atoms with Gasteiger partial charge in [-0.25, -0.2) is 13.6 Å². The smallest absolute Gasteiger partial charge is 0.352 e. The van der Waals surface area contributed by atoms with Crippen LogP contribution in [0.3, 0.4) is 0 Å². The fraction of sp³-hybridized carbons (Fsp3) is 0.250. The summed E-state index contributed by atoms with van der Waals surface area (Å²) in [5.74, 6) is -3.03. The number of hydrogen-bond acceptors (Lipinski definition) is 1. The molecule has 90 valence electrons. The summed E-state index contributed by atoms with van der Waals surface area (Å²) in [4.78, 5) is 11.1. The topological polar surface area (TPSA) is 42.2 Å². The van der Waals surface area contributed by atoms with Crippen LogP contribution in [-0.4, -0.2) is 15.6 Å². The zero-order chi connectivity index (χ0) is 12.7. The predicted octanol–water partition coefficient (Wildman–Crippen LogP) is 2.95. The van der Waals surface area contributed by atoms with Crippen LogP contribution in [0.15, 0.2) is 12.1 Å². The molecule has 0 fully saturated rings. The molecule has 0 unspecified atom stereocenters. The van der Waals surface area contributed by atoms with Crippen molar-refractivity contribution in [3.63, 3.8) is 0 Å². The van der Waals surface area contributed by atoms with Crippen LogP contribution in [0.4, 0.5) is 8.78 Å². The highest BCUT2D eigenvalue weighted by molar-refractivity contribution is 5.98. The van der Waals surface area contributed by atoms with E-state index in [4.69, 9.17) is 5.11 Å². The number of carboxylic acids is 1. The molecule has 2 rings (SSSR count). The lowest BCUT2D eigenvalue weighted by Gasteiger charge is -2.04. The van der Waals surface area contributed by atoms with Crippen molar-refractivity contribution in [2.24, 2.45) is 0 Å². The number of benzene rings is 1. The Hall–Kier alpha value is -1.91. The average Bonchev–Trinajstić information content (AvgIpc) is 2.53. The number of carbonyl (C=O) groups is 1. The normalized spacial score (nSPS) is 11.1. The second-order valence-electron chi connectivity index (χ2n) is 3.81. The maximum absolute atomic E-state index is 13.2. The Morgan fingerprint density at radius 2 is 1.94 bits per heavy atom. The number of hydrogen-bond donors (Lipinski definition) is 1. The fourth-order valence-corrected chi connectivity index (χ4v) is 2.11. The quantitative estimate of drug-likeness (QED) is 0.875. The van der Waals surface area contributed by atoms with Crippen molar-refractivity contribution in [2.45, 2.75) is 20.4 Å². The van der Waals surface area contributed by atoms with E-state index < -0.39 is 17.6 Å². The lowest BCUT2D eigenvalue weighted by Crippen LogP contribution is -2.08. The third kappa shape index (κ3) is 1.58. The van der Waals surface area contributed by atoms with Crippen LogP contribution >= 0.6 is 0 Å². The van der Waals surface area contributed by atoms with E-state index in [9.17, 15) is 13.6 Å². The maximum Gasteiger partial charge on any atom is 0.352 e. The number of fused-ring (bicyclic) bond motifs is 1. The Balaban J connectivity index is 2.94. The van der Waals surface area contributed by atoms with E-state index in [1.807, 2.05) is 0 Å². The Labute approximate surface area is 96.3 Å². The highest BCUT2D eigenvalue weighted by Gasteiger charge is 2.20. The van der Waals surface area contributed by atoms with Gasteiger partial charge in [0.25, 0.3) is 0 Å². The molecule has 3 nitrogen and oxygen atoms in total. The van der Waals surface area contributed by atoms with Gasteiger partial charge in [0, 0.05) is 18.0 Å². The van der Waals surface area contributed by atoms with E-state index in [0.29, 0.717) is 23.0 Å². The number of carboxylic acid groups (broad SMARTS) is 1. The van der Waals surface area contributed by atoms with Crippen LogP contribution in [0, 0.1) is 18.6 Å². The molecule has 0 aliphatic heterocycles. The molecular formula is C12H11F2NO2. The first-order valence-electron chi connectivity index (χ1n) is 5.18. The zero-order valence-electron chi connectivity index (χ0n) is 9.42. The van der Waals surface area contributed by atoms with Gasteiger partial charge in [-0.3, -0.25) is 0 Å². The molecule has 0 radical (unpaired) electrons. The van der Waals surface area contributed by atoms with Crippen LogP contribution in [0.5, 0.6) is 0 Å². The summed E-state index contributed by atoms with van der Waals surface area (Å²) in [7, 11) is 0. The molecule has 0 saturated heterocycles. The Morgan fingerprint density at radius 1 is 1.35 bits per heavy atom. The van der Waals surface area contributed by atoms with Crippen molar-refractivity contribution in [2.75, 3.05) is 0 Å². The van der Waals surface area contributed by atoms with Gasteiger partial charge in [-0.1, -0.05) is 0 Å². The van der Waals surface area contributed by atoms with Gasteiger partial charge in [0.05, 0.1) is 5.52 Å². The second kappa shape index (κ2) is 3.84. The molecule has 1 aromatic carbocycles. The maximum atomic E-state index is 13.2. The van der Waals surface area contributed by atoms with Crippen LogP contribution in [0.2, 0.25) is 0 Å². The molecule has 17 heavy (non-hydrogen) atoms. The van der Waals surface area contributed by atoms with Crippen LogP contribution in [0.25, 0.3) is 10.9 Å². The zero-order valence-corrected chi connectivity index (χ0v) is 9.42. The highest BCUT2D eigenvalue weighted by Crippen LogP contribution is 2.27. The van der Waals surface area contributed by atoms with Crippen molar-refractivity contribution in [1.29, 1.82) is 0 Å². The third-order valence-electron chi connectivity index (χ3n) is 2.88. The molecule has 1 heterocycles. The van der Waals surface area contributed by atoms with Gasteiger partial charge in [-0.15, -0.1) is 0 Å². The number of aromatic nitrogens is 1. The first kappa shape index (κ1) is 11.6. The monoisotopic (exact) mass is 239 g/mol. The van der Waals surface area contributed by atoms with E-state index in [0.717, 1.165) is 12.1 Å². The molecule has 1 aromatic heterocycles. The summed E-state index contributed by atoms with van der Waals surface area (Å²) in [5.41, 5.74) is 0.932. The summed E-state index contributed by atoms with van der Waals surface area (Å²) < 4.78 is 27.8. The second-order valence-corrected chi connectivity index (χ2v) is 3.81. The van der Waals surface area contributed by atoms with Crippen LogP contribution in [0.1, 0.15) is 23.0 Å². The lowest BCUT2D eigenvalue weighted by molar-refractivity contribution is 0.0685. The third-order valence-corrected chi connectivity index (χ3v) is 2.88. The summed E-state index contributed by atoms with van der Waals surface area (Å²) in [6.45, 7) is 3.74. The Morgan fingerprint density at radius 3 is 2.47 bits per heavy atom. The minimum Gasteiger partial charge on any atom is -0.477 e. The minimum atomic E-state index is -1.10. The molecule has 0 atom stereocenters. The number of aromatic carboxylic acids is 1. The van der Waals surface area contributed by atoms with Gasteiger partial charge in [0.1, 0.15) is 5.69 Å². The number of aryl methyl sites for hydroxylation is 2. The number of rotatable bonds is 2. The largest absolute Gasteiger partial charge is 0.477 e. The van der Waals surface area contributed by atoms with E-state index in [-0.39, 0.29) is 5.69 Å². The first-order valence-corrected chi connectivity index (χ1v) is 5.18. The molecule has 2 aromatic rings. The Kier molecular flexibility index (Phi) is 2.61. The average molecular weight is 239 g/mol. The van der Waals surface area contributed by atoms with Gasteiger partial charge in [0.15, 0.2) is 11.6 Å². The standard InChI is InChI=1S/C12H11F2NO2/c1-3-15-10-5-9(14)8(13)4-7(10)6(2)11(15)12(16)17/h4-5H,3H2,1-2H3,(H,16,17). The number of nitrogens with zero attached hydrogens (tertiary/aromatic N) is 1. The molecule has 0 amide bonds. The van der Waals surface area contributed by atoms with Crippen LogP contribution < -0.4 is 0 Å². The van der Waals surface area contributed by atoms with Gasteiger partial charge in [0.2, 0.25) is 0 Å². The fourth-order valence-electron chi connectivity index (χ4n) is 2.11. The van der Waals surface area contributed by atoms with Crippen molar-refractivity contribution in [3.8, 4) is 0 Å². The SMILES string of the molecule is CCn1c(C(=O)O)c(C)c2cc(F)c(F)cc21. The van der Waals surface area contributed by atoms with E-state index in [1.54, 1.807) is 13.8 Å². The molecule has 0 bridgehead atoms. The first-order chi connectivity index (χ1) is 7.97. The van der Waals surface area contributed by atoms with Crippen LogP contribution in [-0.2, 0) is 6.54 Å². The van der Waals surface area contributed by atoms with Gasteiger partial charge < -0.3 is 9.67 Å². The lowest BCUT2D eigenvalue weighted by atomic mass is 10.1. The van der Waals surface area contributed by atoms with Crippen molar-refractivity contribution >= 4 is 16.9 Å². The molecule has 0 spiro atoms. The summed E-state index contributed by atoms with van der Waals surface area (Å²) >= 11 is 0. The van der Waals surface area contributed by atoms with Crippen molar-refractivity contribution < 1.29 is 18.7 Å². The van der Waals surface area contributed by atoms with Crippen molar-refractivity contribution in [3.05, 3.63) is 35.0 Å². The molecule has 1 N–H and O–H groups in total. The van der Waals surface area contributed by atoms with Gasteiger partial charge in [-0.2, -0.15) is 0 Å².